The van der Waals surface area contributed by atoms with Gasteiger partial charge in [-0.05, 0) is 6.92 Å². The second kappa shape index (κ2) is 7.14. The van der Waals surface area contributed by atoms with Gasteiger partial charge in [-0.3, -0.25) is 9.59 Å². The molecule has 168 valence electrons. The highest BCUT2D eigenvalue weighted by Crippen LogP contribution is 2.51. The Kier molecular flexibility index (Phi) is 4.64. The number of hydrogen-bond acceptors (Lipinski definition) is 12. The molecule has 5 saturated heterocycles. The summed E-state index contributed by atoms with van der Waals surface area (Å²) in [7, 11) is 0. The highest BCUT2D eigenvalue weighted by atomic mass is 17.0. The molecule has 0 aromatic rings. The molecule has 0 aromatic carbocycles. The van der Waals surface area contributed by atoms with Crippen molar-refractivity contribution in [3.05, 3.63) is 22.3 Å². The summed E-state index contributed by atoms with van der Waals surface area (Å²) in [6, 6.07) is 0. The normalized spacial score (nSPS) is 44.0. The van der Waals surface area contributed by atoms with Gasteiger partial charge in [0.1, 0.15) is 36.3 Å². The first kappa shape index (κ1) is 20.2. The van der Waals surface area contributed by atoms with Crippen LogP contribution in [-0.2, 0) is 47.6 Å². The van der Waals surface area contributed by atoms with Crippen molar-refractivity contribution < 1.29 is 52.7 Å². The monoisotopic (exact) mass is 441 g/mol. The van der Waals surface area contributed by atoms with Crippen molar-refractivity contribution >= 4 is 17.9 Å². The number of esters is 3. The van der Waals surface area contributed by atoms with Crippen molar-refractivity contribution in [1.82, 2.24) is 0 Å². The first-order chi connectivity index (χ1) is 14.8. The first-order valence-electron chi connectivity index (χ1n) is 9.73. The molecule has 2 bridgehead atoms. The second-order valence-electron chi connectivity index (χ2n) is 8.11. The number of hydrogen-bond donors (Lipinski definition) is 0. The lowest BCUT2D eigenvalue weighted by molar-refractivity contribution is -0.769. The molecular weight excluding hydrogens is 422 g/mol. The van der Waals surface area contributed by atoms with Crippen molar-refractivity contribution in [1.29, 1.82) is 0 Å². The fourth-order valence-corrected chi connectivity index (χ4v) is 4.92. The van der Waals surface area contributed by atoms with E-state index in [2.05, 4.69) is 11.4 Å². The van der Waals surface area contributed by atoms with Gasteiger partial charge in [-0.15, -0.1) is 10.1 Å². The predicted octanol–water partition coefficient (Wildman–Crippen LogP) is -1.30. The molecule has 13 nitrogen and oxygen atoms in total. The molecule has 5 rings (SSSR count). The summed E-state index contributed by atoms with van der Waals surface area (Å²) in [5.41, 5.74) is 0.154. The van der Waals surface area contributed by atoms with Gasteiger partial charge >= 0.3 is 17.9 Å². The van der Waals surface area contributed by atoms with E-state index in [1.165, 1.54) is 6.92 Å². The van der Waals surface area contributed by atoms with E-state index in [4.69, 9.17) is 28.4 Å². The van der Waals surface area contributed by atoms with Gasteiger partial charge < -0.3 is 33.3 Å². The van der Waals surface area contributed by atoms with E-state index in [0.29, 0.717) is 0 Å². The van der Waals surface area contributed by atoms with Crippen LogP contribution >= 0.6 is 0 Å². The van der Waals surface area contributed by atoms with Crippen LogP contribution in [0.5, 0.6) is 0 Å². The van der Waals surface area contributed by atoms with Crippen molar-refractivity contribution in [3.8, 4) is 0 Å². The molecular formula is C18H19NO12. The molecule has 10 atom stereocenters. The maximum atomic E-state index is 13.0. The number of rotatable bonds is 6. The Labute approximate surface area is 174 Å². The molecule has 0 amide bonds. The van der Waals surface area contributed by atoms with Gasteiger partial charge in [-0.25, -0.2) is 4.79 Å². The summed E-state index contributed by atoms with van der Waals surface area (Å²) >= 11 is 0. The Bertz CT molecular complexity index is 858. The summed E-state index contributed by atoms with van der Waals surface area (Å²) in [5, 5.41) is 9.66. The smallest absolute Gasteiger partial charge is 0.333 e. The second-order valence-corrected chi connectivity index (χ2v) is 8.11. The SMILES string of the molecule is C=C(C)C(=O)OC1C2OC(=O)C3C2OC1C3C(=O)OC1COC2C(O[N+](=O)[O-])COC12. The van der Waals surface area contributed by atoms with Crippen LogP contribution in [0.1, 0.15) is 6.92 Å². The number of nitrogens with zero attached hydrogens (tertiary/aromatic N) is 1. The van der Waals surface area contributed by atoms with E-state index in [-0.39, 0.29) is 18.8 Å². The molecule has 0 N–H and O–H groups in total. The quantitative estimate of drug-likeness (QED) is 0.158. The van der Waals surface area contributed by atoms with Crippen LogP contribution in [0.2, 0.25) is 0 Å². The van der Waals surface area contributed by atoms with Crippen LogP contribution in [0.25, 0.3) is 0 Å². The average Bonchev–Trinajstić information content (AvgIpc) is 3.46. The minimum atomic E-state index is -1.04. The molecule has 0 saturated carbocycles. The van der Waals surface area contributed by atoms with Crippen molar-refractivity contribution in [2.75, 3.05) is 13.2 Å². The van der Waals surface area contributed by atoms with Crippen molar-refractivity contribution in [3.63, 3.8) is 0 Å². The number of fused-ring (bicyclic) bond motifs is 2. The van der Waals surface area contributed by atoms with E-state index < -0.39 is 83.7 Å². The third kappa shape index (κ3) is 3.06. The summed E-state index contributed by atoms with van der Waals surface area (Å²) in [4.78, 5) is 52.5. The molecule has 5 aliphatic rings. The van der Waals surface area contributed by atoms with E-state index in [0.717, 1.165) is 0 Å². The van der Waals surface area contributed by atoms with Crippen LogP contribution in [0, 0.1) is 22.0 Å². The van der Waals surface area contributed by atoms with Crippen LogP contribution in [0.3, 0.4) is 0 Å². The van der Waals surface area contributed by atoms with E-state index >= 15 is 0 Å². The Morgan fingerprint density at radius 1 is 1.06 bits per heavy atom. The van der Waals surface area contributed by atoms with E-state index in [1.54, 1.807) is 0 Å². The van der Waals surface area contributed by atoms with Crippen LogP contribution in [0.15, 0.2) is 12.2 Å². The molecule has 0 spiro atoms. The lowest BCUT2D eigenvalue weighted by atomic mass is 9.78. The highest BCUT2D eigenvalue weighted by molar-refractivity contribution is 5.89. The molecule has 5 heterocycles. The zero-order valence-corrected chi connectivity index (χ0v) is 16.2. The van der Waals surface area contributed by atoms with Crippen LogP contribution in [0.4, 0.5) is 0 Å². The van der Waals surface area contributed by atoms with Gasteiger partial charge in [0.25, 0.3) is 5.09 Å². The topological polar surface area (TPSA) is 159 Å². The molecule has 0 aromatic heterocycles. The molecule has 0 aliphatic carbocycles. The zero-order valence-electron chi connectivity index (χ0n) is 16.2. The summed E-state index contributed by atoms with van der Waals surface area (Å²) < 4.78 is 32.9. The Morgan fingerprint density at radius 2 is 1.74 bits per heavy atom. The molecule has 31 heavy (non-hydrogen) atoms. The molecule has 0 radical (unpaired) electrons. The molecule has 10 unspecified atom stereocenters. The number of ether oxygens (including phenoxy) is 6. The standard InChI is InChI=1S/C18H19NO12/c1-5(2)16(20)29-14-12-8(9-13(28-12)15(14)30-18(9)22)17(21)27-6-3-25-11-7(31-19(23)24)4-26-10(6)11/h6-15H,1,3-4H2,2H3. The van der Waals surface area contributed by atoms with E-state index in [9.17, 15) is 24.5 Å². The Morgan fingerprint density at radius 3 is 2.42 bits per heavy atom. The largest absolute Gasteiger partial charge is 0.457 e. The van der Waals surface area contributed by atoms with Gasteiger partial charge in [0.2, 0.25) is 0 Å². The highest BCUT2D eigenvalue weighted by Gasteiger charge is 2.72. The van der Waals surface area contributed by atoms with Gasteiger partial charge in [-0.2, -0.15) is 0 Å². The lowest BCUT2D eigenvalue weighted by Crippen LogP contribution is -2.49. The first-order valence-corrected chi connectivity index (χ1v) is 9.73. The fourth-order valence-electron chi connectivity index (χ4n) is 4.92. The lowest BCUT2D eigenvalue weighted by Gasteiger charge is -2.28. The summed E-state index contributed by atoms with van der Waals surface area (Å²) in [6.45, 7) is 4.85. The third-order valence-corrected chi connectivity index (χ3v) is 6.22. The summed E-state index contributed by atoms with van der Waals surface area (Å²) in [5.74, 6) is -3.95. The minimum absolute atomic E-state index is 0.0495. The number of carbonyl (C=O) groups excluding carboxylic acids is 3. The maximum Gasteiger partial charge on any atom is 0.333 e. The zero-order chi connectivity index (χ0) is 22.0. The van der Waals surface area contributed by atoms with Crippen molar-refractivity contribution in [2.45, 2.75) is 55.8 Å². The van der Waals surface area contributed by atoms with Gasteiger partial charge in [-0.1, -0.05) is 6.58 Å². The molecule has 5 fully saturated rings. The minimum Gasteiger partial charge on any atom is -0.457 e. The van der Waals surface area contributed by atoms with Crippen molar-refractivity contribution in [2.24, 2.45) is 11.8 Å². The van der Waals surface area contributed by atoms with Crippen LogP contribution in [-0.4, -0.2) is 85.0 Å². The maximum absolute atomic E-state index is 13.0. The van der Waals surface area contributed by atoms with Gasteiger partial charge in [0.05, 0.1) is 13.2 Å². The van der Waals surface area contributed by atoms with Gasteiger partial charge in [0, 0.05) is 5.57 Å². The number of carbonyl (C=O) groups is 3. The fraction of sp³-hybridized carbons (Fsp3) is 0.722. The Hall–Kier alpha value is -2.77. The molecule has 5 aliphatic heterocycles. The van der Waals surface area contributed by atoms with Gasteiger partial charge in [0.15, 0.2) is 24.4 Å². The van der Waals surface area contributed by atoms with E-state index in [1.807, 2.05) is 0 Å². The predicted molar refractivity (Wildman–Crippen MR) is 91.4 cm³/mol. The Balaban J connectivity index is 1.29. The van der Waals surface area contributed by atoms with Crippen LogP contribution < -0.4 is 0 Å². The summed E-state index contributed by atoms with van der Waals surface area (Å²) in [6.07, 6.45) is -6.64. The average molecular weight is 441 g/mol. The third-order valence-electron chi connectivity index (χ3n) is 6.22. The molecule has 13 heteroatoms.